The van der Waals surface area contributed by atoms with Crippen LogP contribution in [-0.4, -0.2) is 37.0 Å². The Bertz CT molecular complexity index is 161. The van der Waals surface area contributed by atoms with Crippen LogP contribution in [0.25, 0.3) is 0 Å². The highest BCUT2D eigenvalue weighted by atomic mass is 19.4. The molecule has 10 heavy (non-hydrogen) atoms. The Balaban J connectivity index is 2.72. The number of likely N-dealkylation sites (N-methyl/N-ethyl adjacent to an activating group) is 1. The van der Waals surface area contributed by atoms with Crippen LogP contribution < -0.4 is 0 Å². The molecule has 5 heteroatoms. The molecule has 58 valence electrons. The minimum Gasteiger partial charge on any atom is -0.354 e. The van der Waals surface area contributed by atoms with E-state index in [0.29, 0.717) is 6.54 Å². The molecule has 0 radical (unpaired) electrons. The lowest BCUT2D eigenvalue weighted by molar-refractivity contribution is -0.0663. The molecule has 0 aromatic heterocycles. The Kier molecular flexibility index (Phi) is 1.58. The molecule has 0 aliphatic carbocycles. The first-order chi connectivity index (χ1) is 4.52. The van der Waals surface area contributed by atoms with Crippen LogP contribution in [0.3, 0.4) is 0 Å². The van der Waals surface area contributed by atoms with Gasteiger partial charge in [0.1, 0.15) is 0 Å². The molecular formula is C5H7F3N2. The molecule has 0 aromatic carbocycles. The number of nitrogens with zero attached hydrogens (tertiary/aromatic N) is 2. The van der Waals surface area contributed by atoms with Crippen molar-refractivity contribution >= 4 is 5.84 Å². The number of rotatable bonds is 0. The molecule has 0 unspecified atom stereocenters. The minimum absolute atomic E-state index is 0.255. The van der Waals surface area contributed by atoms with E-state index < -0.39 is 12.0 Å². The Morgan fingerprint density at radius 2 is 2.10 bits per heavy atom. The van der Waals surface area contributed by atoms with Gasteiger partial charge in [0.2, 0.25) is 5.84 Å². The van der Waals surface area contributed by atoms with E-state index >= 15 is 0 Å². The zero-order chi connectivity index (χ0) is 7.78. The smallest absolute Gasteiger partial charge is 0.354 e. The van der Waals surface area contributed by atoms with Gasteiger partial charge >= 0.3 is 6.18 Å². The molecule has 1 rings (SSSR count). The fourth-order valence-electron chi connectivity index (χ4n) is 0.839. The van der Waals surface area contributed by atoms with Gasteiger partial charge in [0.05, 0.1) is 6.54 Å². The van der Waals surface area contributed by atoms with Crippen molar-refractivity contribution in [3.8, 4) is 0 Å². The molecule has 1 heterocycles. The quantitative estimate of drug-likeness (QED) is 0.503. The highest BCUT2D eigenvalue weighted by Gasteiger charge is 2.40. The maximum Gasteiger partial charge on any atom is 0.449 e. The average molecular weight is 152 g/mol. The van der Waals surface area contributed by atoms with Crippen molar-refractivity contribution in [2.45, 2.75) is 6.18 Å². The van der Waals surface area contributed by atoms with Crippen LogP contribution in [0.2, 0.25) is 0 Å². The number of amidine groups is 1. The third-order valence-electron chi connectivity index (χ3n) is 1.31. The summed E-state index contributed by atoms with van der Waals surface area (Å²) in [7, 11) is 1.39. The first kappa shape index (κ1) is 7.37. The predicted molar refractivity (Wildman–Crippen MR) is 31.0 cm³/mol. The molecule has 0 spiro atoms. The van der Waals surface area contributed by atoms with E-state index in [1.54, 1.807) is 0 Å². The van der Waals surface area contributed by atoms with Crippen molar-refractivity contribution in [1.29, 1.82) is 0 Å². The topological polar surface area (TPSA) is 15.6 Å². The lowest BCUT2D eigenvalue weighted by Crippen LogP contribution is -2.35. The zero-order valence-corrected chi connectivity index (χ0v) is 5.44. The molecule has 0 saturated carbocycles. The van der Waals surface area contributed by atoms with Crippen molar-refractivity contribution < 1.29 is 13.2 Å². The van der Waals surface area contributed by atoms with Gasteiger partial charge in [0, 0.05) is 13.6 Å². The van der Waals surface area contributed by atoms with E-state index in [4.69, 9.17) is 0 Å². The maximum atomic E-state index is 11.8. The largest absolute Gasteiger partial charge is 0.449 e. The molecule has 0 bridgehead atoms. The number of aliphatic imine (C=N–C) groups is 1. The van der Waals surface area contributed by atoms with Crippen LogP contribution in [-0.2, 0) is 0 Å². The van der Waals surface area contributed by atoms with Crippen molar-refractivity contribution in [1.82, 2.24) is 4.90 Å². The van der Waals surface area contributed by atoms with Crippen LogP contribution >= 0.6 is 0 Å². The number of hydrogen-bond acceptors (Lipinski definition) is 2. The zero-order valence-electron chi connectivity index (χ0n) is 5.44. The fraction of sp³-hybridized carbons (Fsp3) is 0.800. The molecule has 0 aromatic rings. The van der Waals surface area contributed by atoms with Crippen molar-refractivity contribution in [3.05, 3.63) is 0 Å². The summed E-state index contributed by atoms with van der Waals surface area (Å²) in [5.41, 5.74) is 0. The Labute approximate surface area is 56.3 Å². The summed E-state index contributed by atoms with van der Waals surface area (Å²) >= 11 is 0. The van der Waals surface area contributed by atoms with Crippen LogP contribution in [0.1, 0.15) is 0 Å². The number of hydrogen-bond donors (Lipinski definition) is 0. The Morgan fingerprint density at radius 1 is 1.50 bits per heavy atom. The second-order valence-corrected chi connectivity index (χ2v) is 2.12. The van der Waals surface area contributed by atoms with Crippen LogP contribution in [0.15, 0.2) is 4.99 Å². The van der Waals surface area contributed by atoms with Gasteiger partial charge in [0.15, 0.2) is 0 Å². The van der Waals surface area contributed by atoms with Crippen LogP contribution in [0.5, 0.6) is 0 Å². The second-order valence-electron chi connectivity index (χ2n) is 2.12. The second kappa shape index (κ2) is 2.14. The number of halogens is 3. The molecule has 0 fully saturated rings. The van der Waals surface area contributed by atoms with Gasteiger partial charge < -0.3 is 4.90 Å². The monoisotopic (exact) mass is 152 g/mol. The minimum atomic E-state index is -4.27. The normalized spacial score (nSPS) is 19.6. The van der Waals surface area contributed by atoms with Gasteiger partial charge in [-0.3, -0.25) is 4.99 Å². The molecule has 0 atom stereocenters. The van der Waals surface area contributed by atoms with Crippen LogP contribution in [0, 0.1) is 0 Å². The summed E-state index contributed by atoms with van der Waals surface area (Å²) in [4.78, 5) is 4.42. The van der Waals surface area contributed by atoms with Gasteiger partial charge in [0.25, 0.3) is 0 Å². The first-order valence-corrected chi connectivity index (χ1v) is 2.84. The molecule has 0 saturated heterocycles. The van der Waals surface area contributed by atoms with E-state index in [9.17, 15) is 13.2 Å². The molecule has 0 N–H and O–H groups in total. The third kappa shape index (κ3) is 1.22. The van der Waals surface area contributed by atoms with E-state index in [1.165, 1.54) is 7.05 Å². The number of alkyl halides is 3. The molecular weight excluding hydrogens is 145 g/mol. The lowest BCUT2D eigenvalue weighted by Gasteiger charge is -2.15. The van der Waals surface area contributed by atoms with Crippen molar-refractivity contribution in [3.63, 3.8) is 0 Å². The van der Waals surface area contributed by atoms with Gasteiger partial charge in [-0.2, -0.15) is 13.2 Å². The highest BCUT2D eigenvalue weighted by Crippen LogP contribution is 2.21. The van der Waals surface area contributed by atoms with E-state index in [1.807, 2.05) is 0 Å². The van der Waals surface area contributed by atoms with Gasteiger partial charge in [-0.15, -0.1) is 0 Å². The average Bonchev–Trinajstić information content (AvgIpc) is 2.11. The van der Waals surface area contributed by atoms with Crippen LogP contribution in [0.4, 0.5) is 13.2 Å². The summed E-state index contributed by atoms with van der Waals surface area (Å²) in [6, 6.07) is 0. The molecule has 0 amide bonds. The standard InChI is InChI=1S/C5H7F3N2/c1-10-3-2-9-4(10)5(6,7)8/h2-3H2,1H3. The van der Waals surface area contributed by atoms with Crippen molar-refractivity contribution in [2.75, 3.05) is 20.1 Å². The molecule has 1 aliphatic heterocycles. The fourth-order valence-corrected chi connectivity index (χ4v) is 0.839. The Morgan fingerprint density at radius 3 is 2.30 bits per heavy atom. The molecule has 2 nitrogen and oxygen atoms in total. The summed E-state index contributed by atoms with van der Waals surface area (Å²) in [5.74, 6) is -0.757. The summed E-state index contributed by atoms with van der Waals surface area (Å²) in [6.45, 7) is 0.625. The summed E-state index contributed by atoms with van der Waals surface area (Å²) in [5, 5.41) is 0. The maximum absolute atomic E-state index is 11.8. The summed E-state index contributed by atoms with van der Waals surface area (Å²) in [6.07, 6.45) is -4.27. The summed E-state index contributed by atoms with van der Waals surface area (Å²) < 4.78 is 35.5. The van der Waals surface area contributed by atoms with Crippen molar-refractivity contribution in [2.24, 2.45) is 4.99 Å². The van der Waals surface area contributed by atoms with E-state index in [-0.39, 0.29) is 6.54 Å². The third-order valence-corrected chi connectivity index (χ3v) is 1.31. The predicted octanol–water partition coefficient (Wildman–Crippen LogP) is 0.893. The lowest BCUT2D eigenvalue weighted by atomic mass is 10.5. The van der Waals surface area contributed by atoms with E-state index in [2.05, 4.69) is 4.99 Å². The molecule has 1 aliphatic rings. The Hall–Kier alpha value is -0.740. The van der Waals surface area contributed by atoms with Gasteiger partial charge in [-0.05, 0) is 0 Å². The van der Waals surface area contributed by atoms with Gasteiger partial charge in [-0.25, -0.2) is 0 Å². The first-order valence-electron chi connectivity index (χ1n) is 2.84. The SMILES string of the molecule is CN1CCN=C1C(F)(F)F. The van der Waals surface area contributed by atoms with E-state index in [0.717, 1.165) is 4.90 Å². The highest BCUT2D eigenvalue weighted by molar-refractivity contribution is 5.88. The van der Waals surface area contributed by atoms with Gasteiger partial charge in [-0.1, -0.05) is 0 Å².